The number of hydrogen-bond donors (Lipinski definition) is 1. The van der Waals surface area contributed by atoms with E-state index in [1.165, 1.54) is 44.9 Å². The molecule has 2 aliphatic rings. The Bertz CT molecular complexity index is 308. The summed E-state index contributed by atoms with van der Waals surface area (Å²) < 4.78 is 0. The molecule has 0 aromatic heterocycles. The molecule has 0 aromatic rings. The molecule has 2 fully saturated rings. The van der Waals surface area contributed by atoms with Crippen molar-refractivity contribution in [1.82, 2.24) is 4.90 Å². The molecule has 2 N–H and O–H groups in total. The van der Waals surface area contributed by atoms with Crippen LogP contribution in [0.2, 0.25) is 0 Å². The molecular formula is C16H31ClN2O. The number of rotatable bonds is 3. The number of piperidine rings is 1. The fraction of sp³-hybridized carbons (Fsp3) is 0.938. The van der Waals surface area contributed by atoms with Crippen molar-refractivity contribution in [2.24, 2.45) is 17.1 Å². The van der Waals surface area contributed by atoms with Crippen molar-refractivity contribution >= 4 is 18.3 Å². The van der Waals surface area contributed by atoms with E-state index >= 15 is 0 Å². The highest BCUT2D eigenvalue weighted by Crippen LogP contribution is 2.43. The Hall–Kier alpha value is -0.280. The van der Waals surface area contributed by atoms with Gasteiger partial charge < -0.3 is 10.6 Å². The van der Waals surface area contributed by atoms with Crippen LogP contribution in [0.25, 0.3) is 0 Å². The third-order valence-electron chi connectivity index (χ3n) is 4.93. The van der Waals surface area contributed by atoms with Crippen LogP contribution in [-0.2, 0) is 4.79 Å². The van der Waals surface area contributed by atoms with E-state index in [0.717, 1.165) is 19.5 Å². The van der Waals surface area contributed by atoms with Crippen LogP contribution in [0.15, 0.2) is 0 Å². The van der Waals surface area contributed by atoms with Gasteiger partial charge in [-0.05, 0) is 43.4 Å². The van der Waals surface area contributed by atoms with Crippen molar-refractivity contribution in [1.29, 1.82) is 0 Å². The van der Waals surface area contributed by atoms with Gasteiger partial charge in [-0.15, -0.1) is 12.4 Å². The van der Waals surface area contributed by atoms with Gasteiger partial charge >= 0.3 is 0 Å². The summed E-state index contributed by atoms with van der Waals surface area (Å²) in [6, 6.07) is -0.293. The van der Waals surface area contributed by atoms with E-state index in [1.807, 2.05) is 0 Å². The van der Waals surface area contributed by atoms with E-state index in [-0.39, 0.29) is 24.4 Å². The van der Waals surface area contributed by atoms with Crippen LogP contribution in [0.4, 0.5) is 0 Å². The lowest BCUT2D eigenvalue weighted by Crippen LogP contribution is -2.52. The SMILES string of the molecule is CC(C)C[C@H](N)C(=O)N1CCCC2(CCCCC2)C1.Cl. The van der Waals surface area contributed by atoms with Crippen molar-refractivity contribution in [3.8, 4) is 0 Å². The zero-order valence-corrected chi connectivity index (χ0v) is 13.9. The average Bonchev–Trinajstić information content (AvgIpc) is 2.38. The maximum atomic E-state index is 12.5. The number of amides is 1. The molecule has 1 aliphatic carbocycles. The summed E-state index contributed by atoms with van der Waals surface area (Å²) in [5.74, 6) is 0.686. The third kappa shape index (κ3) is 4.36. The molecule has 1 spiro atoms. The predicted octanol–water partition coefficient (Wildman–Crippen LogP) is 3.35. The van der Waals surface area contributed by atoms with Crippen molar-refractivity contribution < 1.29 is 4.79 Å². The minimum atomic E-state index is -0.293. The molecule has 4 heteroatoms. The molecule has 118 valence electrons. The minimum Gasteiger partial charge on any atom is -0.341 e. The van der Waals surface area contributed by atoms with Crippen LogP contribution >= 0.6 is 12.4 Å². The minimum absolute atomic E-state index is 0. The molecule has 0 radical (unpaired) electrons. The third-order valence-corrected chi connectivity index (χ3v) is 4.93. The van der Waals surface area contributed by atoms with Gasteiger partial charge in [0.05, 0.1) is 6.04 Å². The number of hydrogen-bond acceptors (Lipinski definition) is 2. The fourth-order valence-electron chi connectivity index (χ4n) is 3.95. The molecule has 20 heavy (non-hydrogen) atoms. The Labute approximate surface area is 130 Å². The van der Waals surface area contributed by atoms with E-state index in [4.69, 9.17) is 5.73 Å². The first-order valence-corrected chi connectivity index (χ1v) is 8.07. The Morgan fingerprint density at radius 3 is 2.35 bits per heavy atom. The van der Waals surface area contributed by atoms with Gasteiger partial charge in [0, 0.05) is 13.1 Å². The largest absolute Gasteiger partial charge is 0.341 e. The topological polar surface area (TPSA) is 46.3 Å². The molecule has 1 amide bonds. The van der Waals surface area contributed by atoms with Gasteiger partial charge in [-0.2, -0.15) is 0 Å². The molecule has 3 nitrogen and oxygen atoms in total. The quantitative estimate of drug-likeness (QED) is 0.869. The second kappa shape index (κ2) is 7.65. The molecule has 0 bridgehead atoms. The maximum Gasteiger partial charge on any atom is 0.239 e. The maximum absolute atomic E-state index is 12.5. The van der Waals surface area contributed by atoms with E-state index in [1.54, 1.807) is 0 Å². The van der Waals surface area contributed by atoms with Gasteiger partial charge in [-0.1, -0.05) is 33.1 Å². The van der Waals surface area contributed by atoms with Crippen LogP contribution in [0.5, 0.6) is 0 Å². The van der Waals surface area contributed by atoms with Crippen molar-refractivity contribution in [2.45, 2.75) is 71.3 Å². The Morgan fingerprint density at radius 1 is 1.15 bits per heavy atom. The zero-order valence-electron chi connectivity index (χ0n) is 13.1. The standard InChI is InChI=1S/C16H30N2O.ClH/c1-13(2)11-14(17)15(19)18-10-6-9-16(12-18)7-4-3-5-8-16;/h13-14H,3-12,17H2,1-2H3;1H/t14-;/m0./s1. The van der Waals surface area contributed by atoms with Gasteiger partial charge in [0.1, 0.15) is 0 Å². The summed E-state index contributed by atoms with van der Waals surface area (Å²) in [6.07, 6.45) is 9.99. The summed E-state index contributed by atoms with van der Waals surface area (Å²) >= 11 is 0. The van der Waals surface area contributed by atoms with Gasteiger partial charge in [-0.25, -0.2) is 0 Å². The summed E-state index contributed by atoms with van der Waals surface area (Å²) in [7, 11) is 0. The number of nitrogens with two attached hydrogens (primary N) is 1. The lowest BCUT2D eigenvalue weighted by Gasteiger charge is -2.46. The number of nitrogens with zero attached hydrogens (tertiary/aromatic N) is 1. The van der Waals surface area contributed by atoms with Crippen LogP contribution in [0.1, 0.15) is 65.2 Å². The zero-order chi connectivity index (χ0) is 13.9. The van der Waals surface area contributed by atoms with E-state index in [0.29, 0.717) is 11.3 Å². The smallest absolute Gasteiger partial charge is 0.239 e. The van der Waals surface area contributed by atoms with E-state index in [2.05, 4.69) is 18.7 Å². The number of carbonyl (C=O) groups excluding carboxylic acids is 1. The lowest BCUT2D eigenvalue weighted by atomic mass is 9.69. The molecule has 1 atom stereocenters. The molecule has 1 aliphatic heterocycles. The molecule has 0 aromatic carbocycles. The number of carbonyl (C=O) groups is 1. The van der Waals surface area contributed by atoms with Crippen molar-refractivity contribution in [2.75, 3.05) is 13.1 Å². The first-order valence-electron chi connectivity index (χ1n) is 8.07. The van der Waals surface area contributed by atoms with Gasteiger partial charge in [0.2, 0.25) is 5.91 Å². The van der Waals surface area contributed by atoms with Crippen LogP contribution in [0, 0.1) is 11.3 Å². The second-order valence-corrected chi connectivity index (χ2v) is 7.16. The Morgan fingerprint density at radius 2 is 1.75 bits per heavy atom. The normalized spacial score (nSPS) is 23.5. The lowest BCUT2D eigenvalue weighted by molar-refractivity contribution is -0.137. The van der Waals surface area contributed by atoms with Crippen LogP contribution < -0.4 is 5.73 Å². The molecule has 1 saturated heterocycles. The van der Waals surface area contributed by atoms with Gasteiger partial charge in [0.15, 0.2) is 0 Å². The summed E-state index contributed by atoms with van der Waals surface area (Å²) in [4.78, 5) is 14.5. The number of likely N-dealkylation sites (tertiary alicyclic amines) is 1. The van der Waals surface area contributed by atoms with Gasteiger partial charge in [-0.3, -0.25) is 4.79 Å². The highest BCUT2D eigenvalue weighted by Gasteiger charge is 2.38. The summed E-state index contributed by atoms with van der Waals surface area (Å²) in [5.41, 5.74) is 6.51. The van der Waals surface area contributed by atoms with E-state index in [9.17, 15) is 4.79 Å². The Kier molecular flexibility index (Phi) is 6.80. The Balaban J connectivity index is 0.00000200. The average molecular weight is 303 g/mol. The summed E-state index contributed by atoms with van der Waals surface area (Å²) in [5, 5.41) is 0. The molecule has 0 unspecified atom stereocenters. The predicted molar refractivity (Wildman–Crippen MR) is 86.0 cm³/mol. The van der Waals surface area contributed by atoms with Crippen LogP contribution in [0.3, 0.4) is 0 Å². The molecule has 2 rings (SSSR count). The molecular weight excluding hydrogens is 272 g/mol. The molecule has 1 saturated carbocycles. The first-order chi connectivity index (χ1) is 9.02. The highest BCUT2D eigenvalue weighted by molar-refractivity contribution is 5.85. The monoisotopic (exact) mass is 302 g/mol. The van der Waals surface area contributed by atoms with Crippen molar-refractivity contribution in [3.05, 3.63) is 0 Å². The first kappa shape index (κ1) is 17.8. The van der Waals surface area contributed by atoms with Gasteiger partial charge in [0.25, 0.3) is 0 Å². The van der Waals surface area contributed by atoms with Crippen LogP contribution in [-0.4, -0.2) is 29.9 Å². The highest BCUT2D eigenvalue weighted by atomic mass is 35.5. The number of halogens is 1. The summed E-state index contributed by atoms with van der Waals surface area (Å²) in [6.45, 7) is 6.15. The van der Waals surface area contributed by atoms with Crippen molar-refractivity contribution in [3.63, 3.8) is 0 Å². The fourth-order valence-corrected chi connectivity index (χ4v) is 3.95. The molecule has 1 heterocycles. The second-order valence-electron chi connectivity index (χ2n) is 7.16. The van der Waals surface area contributed by atoms with E-state index < -0.39 is 0 Å².